The summed E-state index contributed by atoms with van der Waals surface area (Å²) in [7, 11) is 0. The molecule has 1 heterocycles. The molecule has 2 aromatic rings. The third-order valence-corrected chi connectivity index (χ3v) is 10.1. The van der Waals surface area contributed by atoms with Gasteiger partial charge < -0.3 is 18.9 Å². The minimum atomic E-state index is -1.38. The predicted octanol–water partition coefficient (Wildman–Crippen LogP) is 9.23. The molecular formula is C40H55O6. The van der Waals surface area contributed by atoms with E-state index in [1.807, 2.05) is 50.3 Å². The van der Waals surface area contributed by atoms with E-state index in [1.165, 1.54) is 5.56 Å². The van der Waals surface area contributed by atoms with Gasteiger partial charge in [0.25, 0.3) is 0 Å². The summed E-state index contributed by atoms with van der Waals surface area (Å²) < 4.78 is 24.6. The molecule has 46 heavy (non-hydrogen) atoms. The summed E-state index contributed by atoms with van der Waals surface area (Å²) in [5.74, 6) is -2.13. The fourth-order valence-electron chi connectivity index (χ4n) is 7.31. The molecule has 1 saturated carbocycles. The molecule has 1 aliphatic carbocycles. The second-order valence-electron chi connectivity index (χ2n) is 13.2. The summed E-state index contributed by atoms with van der Waals surface area (Å²) in [5, 5.41) is 0. The van der Waals surface area contributed by atoms with Crippen molar-refractivity contribution in [1.82, 2.24) is 0 Å². The number of allylic oxidation sites excluding steroid dienone is 1. The van der Waals surface area contributed by atoms with Gasteiger partial charge in [-0.25, -0.2) is 9.59 Å². The van der Waals surface area contributed by atoms with E-state index in [0.717, 1.165) is 82.6 Å². The monoisotopic (exact) mass is 631 g/mol. The molecule has 4 rings (SSSR count). The van der Waals surface area contributed by atoms with E-state index in [2.05, 4.69) is 37.3 Å². The van der Waals surface area contributed by atoms with Gasteiger partial charge in [0.1, 0.15) is 0 Å². The zero-order valence-corrected chi connectivity index (χ0v) is 28.3. The first-order chi connectivity index (χ1) is 22.4. The Hall–Kier alpha value is -2.96. The van der Waals surface area contributed by atoms with Crippen LogP contribution < -0.4 is 0 Å². The second kappa shape index (κ2) is 17.8. The maximum Gasteiger partial charge on any atom is 0.338 e. The van der Waals surface area contributed by atoms with Crippen molar-refractivity contribution in [2.45, 2.75) is 128 Å². The first-order valence-corrected chi connectivity index (χ1v) is 17.8. The van der Waals surface area contributed by atoms with Gasteiger partial charge in [0.15, 0.2) is 18.0 Å². The Morgan fingerprint density at radius 1 is 0.804 bits per heavy atom. The van der Waals surface area contributed by atoms with Crippen molar-refractivity contribution < 1.29 is 28.5 Å². The van der Waals surface area contributed by atoms with Crippen LogP contribution in [-0.2, 0) is 34.3 Å². The van der Waals surface area contributed by atoms with Gasteiger partial charge in [-0.15, -0.1) is 0 Å². The fraction of sp³-hybridized carbons (Fsp3) is 0.600. The minimum Gasteiger partial charge on any atom is -0.464 e. The average Bonchev–Trinajstić information content (AvgIpc) is 3.50. The summed E-state index contributed by atoms with van der Waals surface area (Å²) >= 11 is 0. The lowest BCUT2D eigenvalue weighted by Crippen LogP contribution is -2.40. The molecule has 1 saturated heterocycles. The van der Waals surface area contributed by atoms with Crippen molar-refractivity contribution in [3.05, 3.63) is 84.4 Å². The number of benzene rings is 2. The standard InChI is InChI=1S/C40H55O6/c1-5-9-18-25-39(26-23-32(24-27-39)31-19-14-12-15-20-31)33(8-4)30-40(34-21-16-13-17-22-34)45-35(37(41)43-28-10-6-2)36(46-40)38(42)44-29-11-7-3/h4,8,12-17,19-22,32-33,35-36H,5-7,9-11,18,23-30H2,1-3H3/t32?,33?,35-,36-,39?/m1/s1. The number of hydrogen-bond acceptors (Lipinski definition) is 6. The van der Waals surface area contributed by atoms with Crippen molar-refractivity contribution in [2.24, 2.45) is 11.3 Å². The molecule has 6 heteroatoms. The van der Waals surface area contributed by atoms with Crippen LogP contribution in [0.2, 0.25) is 0 Å². The number of hydrogen-bond donors (Lipinski definition) is 0. The van der Waals surface area contributed by atoms with Gasteiger partial charge in [0.2, 0.25) is 0 Å². The van der Waals surface area contributed by atoms with Gasteiger partial charge in [-0.05, 0) is 67.8 Å². The average molecular weight is 632 g/mol. The van der Waals surface area contributed by atoms with E-state index in [9.17, 15) is 9.59 Å². The molecule has 0 spiro atoms. The van der Waals surface area contributed by atoms with Crippen molar-refractivity contribution in [2.75, 3.05) is 13.2 Å². The van der Waals surface area contributed by atoms with E-state index in [0.29, 0.717) is 12.3 Å². The van der Waals surface area contributed by atoms with Gasteiger partial charge in [-0.1, -0.05) is 126 Å². The number of esters is 2. The second-order valence-corrected chi connectivity index (χ2v) is 13.2. The highest BCUT2D eigenvalue weighted by atomic mass is 16.8. The normalized spacial score (nSPS) is 24.6. The molecule has 2 aliphatic rings. The molecule has 1 radical (unpaired) electrons. The van der Waals surface area contributed by atoms with E-state index >= 15 is 0 Å². The molecule has 0 aromatic heterocycles. The predicted molar refractivity (Wildman–Crippen MR) is 181 cm³/mol. The third kappa shape index (κ3) is 8.89. The highest BCUT2D eigenvalue weighted by Gasteiger charge is 2.57. The van der Waals surface area contributed by atoms with Crippen LogP contribution in [0.4, 0.5) is 0 Å². The Balaban J connectivity index is 1.67. The van der Waals surface area contributed by atoms with Crippen molar-refractivity contribution >= 4 is 11.9 Å². The zero-order chi connectivity index (χ0) is 32.8. The largest absolute Gasteiger partial charge is 0.464 e. The molecule has 6 nitrogen and oxygen atoms in total. The molecule has 0 N–H and O–H groups in total. The van der Waals surface area contributed by atoms with E-state index < -0.39 is 29.9 Å². The summed E-state index contributed by atoms with van der Waals surface area (Å²) in [6, 6.07) is 20.5. The van der Waals surface area contributed by atoms with Gasteiger partial charge in [-0.3, -0.25) is 0 Å². The van der Waals surface area contributed by atoms with E-state index in [1.54, 1.807) is 0 Å². The molecule has 0 bridgehead atoms. The Labute approximate surface area is 277 Å². The summed E-state index contributed by atoms with van der Waals surface area (Å²) in [6.45, 7) is 13.4. The summed E-state index contributed by atoms with van der Waals surface area (Å²) in [6.07, 6.45) is 11.6. The van der Waals surface area contributed by atoms with Gasteiger partial charge in [0, 0.05) is 12.0 Å². The lowest BCUT2D eigenvalue weighted by atomic mass is 9.59. The Kier molecular flexibility index (Phi) is 13.9. The lowest BCUT2D eigenvalue weighted by molar-refractivity contribution is -0.209. The molecule has 1 aliphatic heterocycles. The van der Waals surface area contributed by atoms with Gasteiger partial charge in [0.05, 0.1) is 13.2 Å². The van der Waals surface area contributed by atoms with Crippen LogP contribution in [0.1, 0.15) is 121 Å². The lowest BCUT2D eigenvalue weighted by Gasteiger charge is -2.47. The number of ether oxygens (including phenoxy) is 4. The van der Waals surface area contributed by atoms with Crippen molar-refractivity contribution in [3.8, 4) is 0 Å². The number of carbonyl (C=O) groups excluding carboxylic acids is 2. The Bertz CT molecular complexity index is 1170. The maximum atomic E-state index is 13.5. The minimum absolute atomic E-state index is 0.0550. The van der Waals surface area contributed by atoms with Crippen LogP contribution in [0.3, 0.4) is 0 Å². The van der Waals surface area contributed by atoms with Gasteiger partial charge >= 0.3 is 11.9 Å². The van der Waals surface area contributed by atoms with Crippen molar-refractivity contribution in [1.29, 1.82) is 0 Å². The highest BCUT2D eigenvalue weighted by molar-refractivity contribution is 5.86. The molecule has 2 aromatic carbocycles. The summed E-state index contributed by atoms with van der Waals surface area (Å²) in [5.41, 5.74) is 2.09. The molecule has 2 fully saturated rings. The Morgan fingerprint density at radius 2 is 1.33 bits per heavy atom. The Morgan fingerprint density at radius 3 is 1.83 bits per heavy atom. The van der Waals surface area contributed by atoms with Crippen LogP contribution in [0, 0.1) is 17.9 Å². The number of unbranched alkanes of at least 4 members (excludes halogenated alkanes) is 4. The zero-order valence-electron chi connectivity index (χ0n) is 28.3. The third-order valence-electron chi connectivity index (χ3n) is 10.1. The van der Waals surface area contributed by atoms with Crippen LogP contribution >= 0.6 is 0 Å². The first-order valence-electron chi connectivity index (χ1n) is 17.8. The maximum absolute atomic E-state index is 13.5. The molecule has 1 unspecified atom stereocenters. The van der Waals surface area contributed by atoms with Gasteiger partial charge in [-0.2, -0.15) is 0 Å². The summed E-state index contributed by atoms with van der Waals surface area (Å²) in [4.78, 5) is 27.0. The molecular weight excluding hydrogens is 576 g/mol. The fourth-order valence-corrected chi connectivity index (χ4v) is 7.31. The quantitative estimate of drug-likeness (QED) is 0.121. The molecule has 3 atom stereocenters. The van der Waals surface area contributed by atoms with E-state index in [4.69, 9.17) is 25.5 Å². The number of rotatable bonds is 18. The topological polar surface area (TPSA) is 71.1 Å². The van der Waals surface area contributed by atoms with Crippen molar-refractivity contribution in [3.63, 3.8) is 0 Å². The van der Waals surface area contributed by atoms with Crippen LogP contribution in [0.15, 0.2) is 66.7 Å². The van der Waals surface area contributed by atoms with Crippen LogP contribution in [0.25, 0.3) is 0 Å². The van der Waals surface area contributed by atoms with E-state index in [-0.39, 0.29) is 24.5 Å². The number of carbonyl (C=O) groups is 2. The first kappa shape index (κ1) is 35.9. The van der Waals surface area contributed by atoms with Crippen LogP contribution in [0.5, 0.6) is 0 Å². The molecule has 251 valence electrons. The molecule has 0 amide bonds. The smallest absolute Gasteiger partial charge is 0.338 e. The van der Waals surface area contributed by atoms with Crippen LogP contribution in [-0.4, -0.2) is 37.4 Å². The highest BCUT2D eigenvalue weighted by Crippen LogP contribution is 2.55. The SMILES string of the molecule is [CH]=CC(CC1(c2ccccc2)O[C@@H](C(=O)OCCCC)[C@H](C(=O)OCCCC)O1)C1(CCCCC)CCC(c2ccccc2)CC1.